The fourth-order valence-corrected chi connectivity index (χ4v) is 3.70. The molecule has 5 rings (SSSR count). The monoisotopic (exact) mass is 382 g/mol. The van der Waals surface area contributed by atoms with E-state index in [0.29, 0.717) is 34.9 Å². The third-order valence-corrected chi connectivity index (χ3v) is 5.10. The quantitative estimate of drug-likeness (QED) is 0.701. The number of fused-ring (bicyclic) bond motifs is 2. The summed E-state index contributed by atoms with van der Waals surface area (Å²) >= 11 is 0. The topological polar surface area (TPSA) is 88.2 Å². The van der Waals surface area contributed by atoms with Crippen LogP contribution in [-0.2, 0) is 4.74 Å². The van der Waals surface area contributed by atoms with Gasteiger partial charge in [-0.2, -0.15) is 10.1 Å². The molecule has 2 aromatic heterocycles. The van der Waals surface area contributed by atoms with Crippen molar-refractivity contribution in [3.63, 3.8) is 0 Å². The van der Waals surface area contributed by atoms with Crippen LogP contribution in [0.25, 0.3) is 11.3 Å². The maximum atomic E-state index is 13.9. The number of nitrogens with zero attached hydrogens (tertiary/aromatic N) is 4. The Morgan fingerprint density at radius 3 is 2.96 bits per heavy atom. The summed E-state index contributed by atoms with van der Waals surface area (Å²) in [6.07, 6.45) is 3.04. The van der Waals surface area contributed by atoms with Crippen molar-refractivity contribution in [2.75, 3.05) is 30.5 Å². The van der Waals surface area contributed by atoms with Gasteiger partial charge in [0.2, 0.25) is 5.95 Å². The van der Waals surface area contributed by atoms with E-state index in [2.05, 4.69) is 30.4 Å². The molecule has 28 heavy (non-hydrogen) atoms. The first kappa shape index (κ1) is 16.9. The molecule has 0 aliphatic carbocycles. The van der Waals surface area contributed by atoms with Gasteiger partial charge in [-0.25, -0.2) is 9.37 Å². The lowest BCUT2D eigenvalue weighted by Crippen LogP contribution is -2.38. The molecule has 144 valence electrons. The predicted molar refractivity (Wildman–Crippen MR) is 101 cm³/mol. The third-order valence-electron chi connectivity index (χ3n) is 5.10. The van der Waals surface area contributed by atoms with Crippen molar-refractivity contribution < 1.29 is 13.9 Å². The van der Waals surface area contributed by atoms with E-state index >= 15 is 0 Å². The molecule has 2 saturated heterocycles. The average molecular weight is 382 g/mol. The van der Waals surface area contributed by atoms with Crippen LogP contribution in [-0.4, -0.2) is 52.6 Å². The van der Waals surface area contributed by atoms with Crippen molar-refractivity contribution in [2.24, 2.45) is 0 Å². The van der Waals surface area contributed by atoms with Gasteiger partial charge < -0.3 is 19.7 Å². The molecular weight excluding hydrogens is 363 g/mol. The molecule has 2 atom stereocenters. The number of hydrogen-bond acceptors (Lipinski definition) is 7. The maximum absolute atomic E-state index is 13.9. The number of methoxy groups -OCH3 is 1. The molecule has 0 spiro atoms. The van der Waals surface area contributed by atoms with Crippen molar-refractivity contribution in [1.29, 1.82) is 0 Å². The van der Waals surface area contributed by atoms with Crippen LogP contribution < -0.4 is 15.0 Å². The van der Waals surface area contributed by atoms with Gasteiger partial charge in [0.1, 0.15) is 5.82 Å². The summed E-state index contributed by atoms with van der Waals surface area (Å²) in [4.78, 5) is 11.2. The molecule has 1 aromatic carbocycles. The number of morpholine rings is 1. The summed E-state index contributed by atoms with van der Waals surface area (Å²) in [5.41, 5.74) is 1.36. The van der Waals surface area contributed by atoms with Gasteiger partial charge in [0.05, 0.1) is 31.6 Å². The number of H-pyrrole nitrogens is 1. The van der Waals surface area contributed by atoms with Crippen molar-refractivity contribution >= 4 is 17.6 Å². The zero-order valence-electron chi connectivity index (χ0n) is 15.2. The third kappa shape index (κ3) is 3.03. The SMILES string of the molecule is COc1ccc(-c2cc(Nc3ccnc(N4C[C@H]5C[C@@H]4CO5)n3)n[nH]2)cc1F. The second-order valence-electron chi connectivity index (χ2n) is 6.88. The summed E-state index contributed by atoms with van der Waals surface area (Å²) in [6, 6.07) is 8.70. The van der Waals surface area contributed by atoms with Crippen LogP contribution in [0.5, 0.6) is 5.75 Å². The van der Waals surface area contributed by atoms with E-state index in [1.807, 2.05) is 0 Å². The minimum absolute atomic E-state index is 0.205. The molecule has 0 unspecified atom stereocenters. The van der Waals surface area contributed by atoms with Crippen LogP contribution in [0.2, 0.25) is 0 Å². The van der Waals surface area contributed by atoms with Crippen LogP contribution in [0.3, 0.4) is 0 Å². The zero-order valence-corrected chi connectivity index (χ0v) is 15.2. The van der Waals surface area contributed by atoms with E-state index in [1.165, 1.54) is 13.2 Å². The lowest BCUT2D eigenvalue weighted by atomic mass is 10.1. The van der Waals surface area contributed by atoms with E-state index in [0.717, 1.165) is 19.6 Å². The molecule has 0 saturated carbocycles. The summed E-state index contributed by atoms with van der Waals surface area (Å²) < 4.78 is 24.5. The lowest BCUT2D eigenvalue weighted by molar-refractivity contribution is 0.0986. The van der Waals surface area contributed by atoms with Crippen molar-refractivity contribution in [1.82, 2.24) is 20.2 Å². The highest BCUT2D eigenvalue weighted by Gasteiger charge is 2.40. The first-order valence-corrected chi connectivity index (χ1v) is 9.07. The highest BCUT2D eigenvalue weighted by molar-refractivity contribution is 5.66. The van der Waals surface area contributed by atoms with Gasteiger partial charge in [0.25, 0.3) is 0 Å². The van der Waals surface area contributed by atoms with Gasteiger partial charge in [0.15, 0.2) is 17.4 Å². The van der Waals surface area contributed by atoms with Crippen LogP contribution >= 0.6 is 0 Å². The minimum Gasteiger partial charge on any atom is -0.494 e. The van der Waals surface area contributed by atoms with Crippen LogP contribution in [0.1, 0.15) is 6.42 Å². The first-order valence-electron chi connectivity index (χ1n) is 9.07. The van der Waals surface area contributed by atoms with E-state index in [-0.39, 0.29) is 11.9 Å². The summed E-state index contributed by atoms with van der Waals surface area (Å²) in [5.74, 6) is 1.70. The highest BCUT2D eigenvalue weighted by atomic mass is 19.1. The number of nitrogens with one attached hydrogen (secondary N) is 2. The number of aromatic amines is 1. The van der Waals surface area contributed by atoms with Gasteiger partial charge in [-0.3, -0.25) is 5.10 Å². The Balaban J connectivity index is 1.33. The summed E-state index contributed by atoms with van der Waals surface area (Å²) in [7, 11) is 1.44. The normalized spacial score (nSPS) is 20.6. The van der Waals surface area contributed by atoms with Crippen LogP contribution in [0, 0.1) is 5.82 Å². The second kappa shape index (κ2) is 6.75. The van der Waals surface area contributed by atoms with E-state index < -0.39 is 5.82 Å². The Hall–Kier alpha value is -3.20. The van der Waals surface area contributed by atoms with Gasteiger partial charge in [-0.15, -0.1) is 0 Å². The molecule has 9 heteroatoms. The average Bonchev–Trinajstić information content (AvgIpc) is 3.45. The van der Waals surface area contributed by atoms with Crippen molar-refractivity contribution in [2.45, 2.75) is 18.6 Å². The molecule has 0 amide bonds. The van der Waals surface area contributed by atoms with Gasteiger partial charge in [-0.05, 0) is 30.7 Å². The molecule has 2 aliphatic heterocycles. The van der Waals surface area contributed by atoms with E-state index in [4.69, 9.17) is 9.47 Å². The van der Waals surface area contributed by atoms with Crippen LogP contribution in [0.4, 0.5) is 22.0 Å². The number of hydrogen-bond donors (Lipinski definition) is 2. The predicted octanol–water partition coefficient (Wildman–Crippen LogP) is 2.74. The highest BCUT2D eigenvalue weighted by Crippen LogP contribution is 2.31. The Labute approximate surface area is 160 Å². The van der Waals surface area contributed by atoms with Crippen molar-refractivity contribution in [3.8, 4) is 17.0 Å². The molecule has 0 radical (unpaired) electrons. The molecule has 2 fully saturated rings. The number of halogens is 1. The number of rotatable bonds is 5. The zero-order chi connectivity index (χ0) is 19.1. The summed E-state index contributed by atoms with van der Waals surface area (Å²) in [6.45, 7) is 1.55. The van der Waals surface area contributed by atoms with E-state index in [9.17, 15) is 4.39 Å². The Bertz CT molecular complexity index is 1010. The molecule has 3 aromatic rings. The standard InChI is InChI=1S/C19H19FN6O2/c1-27-16-3-2-11(6-14(16)20)15-8-18(25-24-15)22-17-4-5-21-19(23-17)26-9-13-7-12(26)10-28-13/h2-6,8,12-13H,7,9-10H2,1H3,(H2,21,22,23,24,25)/t12-,13-/m1/s1. The smallest absolute Gasteiger partial charge is 0.227 e. The molecule has 2 N–H and O–H groups in total. The first-order chi connectivity index (χ1) is 13.7. The van der Waals surface area contributed by atoms with Crippen molar-refractivity contribution in [3.05, 3.63) is 42.3 Å². The number of anilines is 3. The molecule has 2 aliphatic rings. The molecule has 4 heterocycles. The second-order valence-corrected chi connectivity index (χ2v) is 6.88. The van der Waals surface area contributed by atoms with E-state index in [1.54, 1.807) is 30.5 Å². The molecular formula is C19H19FN6O2. The molecule has 8 nitrogen and oxygen atoms in total. The fraction of sp³-hybridized carbons (Fsp3) is 0.316. The lowest BCUT2D eigenvalue weighted by Gasteiger charge is -2.26. The van der Waals surface area contributed by atoms with Crippen LogP contribution in [0.15, 0.2) is 36.5 Å². The van der Waals surface area contributed by atoms with Gasteiger partial charge in [-0.1, -0.05) is 0 Å². The largest absolute Gasteiger partial charge is 0.494 e. The van der Waals surface area contributed by atoms with Gasteiger partial charge >= 0.3 is 0 Å². The number of benzene rings is 1. The number of ether oxygens (including phenoxy) is 2. The Morgan fingerprint density at radius 2 is 2.21 bits per heavy atom. The fourth-order valence-electron chi connectivity index (χ4n) is 3.70. The number of aromatic nitrogens is 4. The maximum Gasteiger partial charge on any atom is 0.227 e. The Kier molecular flexibility index (Phi) is 4.09. The van der Waals surface area contributed by atoms with Gasteiger partial charge in [0, 0.05) is 24.4 Å². The minimum atomic E-state index is -0.423. The Morgan fingerprint density at radius 1 is 1.29 bits per heavy atom. The molecule has 2 bridgehead atoms. The summed E-state index contributed by atoms with van der Waals surface area (Å²) in [5, 5.41) is 10.3.